The third kappa shape index (κ3) is 6.68. The Kier molecular flexibility index (Phi) is 9.09. The highest BCUT2D eigenvalue weighted by atomic mass is 35.5. The minimum absolute atomic E-state index is 0.0240. The van der Waals surface area contributed by atoms with Crippen LogP contribution in [0.4, 0.5) is 15.5 Å². The maximum Gasteiger partial charge on any atom is 0.413 e. The molecule has 0 radical (unpaired) electrons. The van der Waals surface area contributed by atoms with Crippen LogP contribution in [0.25, 0.3) is 0 Å². The van der Waals surface area contributed by atoms with E-state index in [9.17, 15) is 27.6 Å². The average molecular weight is 580 g/mol. The van der Waals surface area contributed by atoms with Gasteiger partial charge in [-0.3, -0.25) is 19.6 Å². The van der Waals surface area contributed by atoms with Crippen molar-refractivity contribution in [3.8, 4) is 0 Å². The number of alkyl carbamates (subject to hydrolysis) is 1. The van der Waals surface area contributed by atoms with Crippen LogP contribution in [0.15, 0.2) is 53.4 Å². The van der Waals surface area contributed by atoms with Gasteiger partial charge in [0, 0.05) is 16.3 Å². The van der Waals surface area contributed by atoms with Crippen molar-refractivity contribution >= 4 is 67.5 Å². The van der Waals surface area contributed by atoms with E-state index in [0.717, 1.165) is 18.4 Å². The van der Waals surface area contributed by atoms with E-state index in [1.807, 2.05) is 5.32 Å². The lowest BCUT2D eigenvalue weighted by molar-refractivity contribution is 0.0531. The van der Waals surface area contributed by atoms with Gasteiger partial charge in [0.25, 0.3) is 21.8 Å². The van der Waals surface area contributed by atoms with E-state index >= 15 is 0 Å². The van der Waals surface area contributed by atoms with E-state index in [1.165, 1.54) is 55.5 Å². The van der Waals surface area contributed by atoms with Crippen LogP contribution in [0, 0.1) is 6.92 Å². The Hall–Kier alpha value is -3.94. The quantitative estimate of drug-likeness (QED) is 0.331. The maximum atomic E-state index is 13.1. The predicted molar refractivity (Wildman–Crippen MR) is 142 cm³/mol. The molecule has 0 bridgehead atoms. The molecular weight excluding hydrogens is 558 g/mol. The molecule has 38 heavy (non-hydrogen) atoms. The SMILES string of the molecule is CCOC(=O)c1sc(NC(=O)c2cccc(NS(=O)(=O)c3ccc(Cl)cc3)c2)c(C(=O)NC(=O)OC)c1C. The molecule has 0 saturated carbocycles. The first kappa shape index (κ1) is 28.6. The number of carbonyl (C=O) groups excluding carboxylic acids is 4. The van der Waals surface area contributed by atoms with Crippen LogP contribution in [0.5, 0.6) is 0 Å². The summed E-state index contributed by atoms with van der Waals surface area (Å²) in [4.78, 5) is 49.8. The van der Waals surface area contributed by atoms with Crippen LogP contribution in [-0.4, -0.2) is 46.0 Å². The van der Waals surface area contributed by atoms with E-state index in [-0.39, 0.29) is 43.8 Å². The number of nitrogens with one attached hydrogen (secondary N) is 3. The van der Waals surface area contributed by atoms with Gasteiger partial charge in [0.15, 0.2) is 0 Å². The van der Waals surface area contributed by atoms with Gasteiger partial charge in [-0.25, -0.2) is 18.0 Å². The van der Waals surface area contributed by atoms with Crippen LogP contribution >= 0.6 is 22.9 Å². The Labute approximate surface area is 227 Å². The summed E-state index contributed by atoms with van der Waals surface area (Å²) in [5.41, 5.74) is 0.209. The van der Waals surface area contributed by atoms with Gasteiger partial charge in [-0.15, -0.1) is 11.3 Å². The molecular formula is C24H22ClN3O8S2. The number of imide groups is 1. The second kappa shape index (κ2) is 12.1. The third-order valence-corrected chi connectivity index (χ3v) is 7.80. The number of halogens is 1. The molecule has 14 heteroatoms. The number of hydrogen-bond acceptors (Lipinski definition) is 9. The van der Waals surface area contributed by atoms with E-state index in [1.54, 1.807) is 6.92 Å². The fourth-order valence-electron chi connectivity index (χ4n) is 3.20. The van der Waals surface area contributed by atoms with Gasteiger partial charge < -0.3 is 14.8 Å². The first-order chi connectivity index (χ1) is 18.0. The summed E-state index contributed by atoms with van der Waals surface area (Å²) in [5, 5.41) is 4.90. The number of amides is 3. The summed E-state index contributed by atoms with van der Waals surface area (Å²) in [6.07, 6.45) is -1.03. The standard InChI is InChI=1S/C24H22ClN3O8S2/c1-4-36-23(31)19-13(2)18(21(30)27-24(32)35-3)22(37-19)26-20(29)14-6-5-7-16(12-14)28-38(33,34)17-10-8-15(25)9-11-17/h5-12,28H,4H2,1-3H3,(H,26,29)(H,27,30,32). The molecule has 0 saturated heterocycles. The first-order valence-electron chi connectivity index (χ1n) is 10.9. The van der Waals surface area contributed by atoms with Crippen molar-refractivity contribution in [1.82, 2.24) is 5.32 Å². The molecule has 3 aromatic rings. The number of rotatable bonds is 8. The minimum atomic E-state index is -3.97. The number of esters is 1. The van der Waals surface area contributed by atoms with Crippen molar-refractivity contribution < 1.29 is 37.1 Å². The van der Waals surface area contributed by atoms with E-state index in [2.05, 4.69) is 14.8 Å². The molecule has 11 nitrogen and oxygen atoms in total. The van der Waals surface area contributed by atoms with Gasteiger partial charge in [-0.1, -0.05) is 17.7 Å². The molecule has 2 aromatic carbocycles. The van der Waals surface area contributed by atoms with Gasteiger partial charge in [-0.2, -0.15) is 0 Å². The molecule has 0 spiro atoms. The van der Waals surface area contributed by atoms with Gasteiger partial charge in [0.1, 0.15) is 9.88 Å². The highest BCUT2D eigenvalue weighted by Gasteiger charge is 2.28. The molecule has 0 atom stereocenters. The van der Waals surface area contributed by atoms with Crippen LogP contribution in [0.1, 0.15) is 42.9 Å². The predicted octanol–water partition coefficient (Wildman–Crippen LogP) is 4.44. The second-order valence-electron chi connectivity index (χ2n) is 7.52. The Bertz CT molecular complexity index is 1500. The molecule has 0 aliphatic heterocycles. The van der Waals surface area contributed by atoms with E-state index in [0.29, 0.717) is 5.02 Å². The zero-order chi connectivity index (χ0) is 28.0. The second-order valence-corrected chi connectivity index (χ2v) is 10.7. The molecule has 3 amide bonds. The number of anilines is 2. The number of ether oxygens (including phenoxy) is 2. The number of hydrogen-bond donors (Lipinski definition) is 3. The van der Waals surface area contributed by atoms with Gasteiger partial charge >= 0.3 is 12.1 Å². The number of benzene rings is 2. The van der Waals surface area contributed by atoms with Gasteiger partial charge in [0.2, 0.25) is 0 Å². The minimum Gasteiger partial charge on any atom is -0.462 e. The fourth-order valence-corrected chi connectivity index (χ4v) is 5.47. The van der Waals surface area contributed by atoms with E-state index < -0.39 is 33.9 Å². The molecule has 3 N–H and O–H groups in total. The smallest absolute Gasteiger partial charge is 0.413 e. The summed E-state index contributed by atoms with van der Waals surface area (Å²) in [6.45, 7) is 3.17. The molecule has 0 unspecified atom stereocenters. The summed E-state index contributed by atoms with van der Waals surface area (Å²) >= 11 is 6.61. The summed E-state index contributed by atoms with van der Waals surface area (Å²) < 4.78 is 37.2. The summed E-state index contributed by atoms with van der Waals surface area (Å²) in [7, 11) is -2.89. The lowest BCUT2D eigenvalue weighted by Crippen LogP contribution is -2.31. The van der Waals surface area contributed by atoms with Crippen LogP contribution in [-0.2, 0) is 19.5 Å². The van der Waals surface area contributed by atoms with Crippen molar-refractivity contribution in [3.63, 3.8) is 0 Å². The lowest BCUT2D eigenvalue weighted by atomic mass is 10.1. The van der Waals surface area contributed by atoms with Crippen LogP contribution in [0.3, 0.4) is 0 Å². The fraction of sp³-hybridized carbons (Fsp3) is 0.167. The number of sulfonamides is 1. The van der Waals surface area contributed by atoms with Crippen molar-refractivity contribution in [1.29, 1.82) is 0 Å². The maximum absolute atomic E-state index is 13.1. The normalized spacial score (nSPS) is 10.8. The number of thiophene rings is 1. The van der Waals surface area contributed by atoms with Crippen molar-refractivity contribution in [2.24, 2.45) is 0 Å². The Balaban J connectivity index is 1.90. The molecule has 0 aliphatic carbocycles. The molecule has 0 aliphatic rings. The van der Waals surface area contributed by atoms with Crippen molar-refractivity contribution in [2.75, 3.05) is 23.8 Å². The van der Waals surface area contributed by atoms with Crippen LogP contribution < -0.4 is 15.4 Å². The Morgan fingerprint density at radius 2 is 1.71 bits per heavy atom. The van der Waals surface area contributed by atoms with Crippen LogP contribution in [0.2, 0.25) is 5.02 Å². The summed E-state index contributed by atoms with van der Waals surface area (Å²) in [5.74, 6) is -2.32. The third-order valence-electron chi connectivity index (χ3n) is 4.96. The monoisotopic (exact) mass is 579 g/mol. The molecule has 3 rings (SSSR count). The number of methoxy groups -OCH3 is 1. The first-order valence-corrected chi connectivity index (χ1v) is 13.5. The van der Waals surface area contributed by atoms with Crippen molar-refractivity contribution in [3.05, 3.63) is 75.1 Å². The number of carbonyl (C=O) groups is 4. The molecule has 200 valence electrons. The topological polar surface area (TPSA) is 157 Å². The van der Waals surface area contributed by atoms with Crippen molar-refractivity contribution in [2.45, 2.75) is 18.7 Å². The van der Waals surface area contributed by atoms with Gasteiger partial charge in [-0.05, 0) is 61.9 Å². The average Bonchev–Trinajstić information content (AvgIpc) is 3.19. The largest absolute Gasteiger partial charge is 0.462 e. The zero-order valence-electron chi connectivity index (χ0n) is 20.3. The summed E-state index contributed by atoms with van der Waals surface area (Å²) in [6, 6.07) is 11.2. The molecule has 0 fully saturated rings. The highest BCUT2D eigenvalue weighted by Crippen LogP contribution is 2.34. The Morgan fingerprint density at radius 1 is 1.03 bits per heavy atom. The molecule has 1 heterocycles. The van der Waals surface area contributed by atoms with E-state index in [4.69, 9.17) is 16.3 Å². The van der Waals surface area contributed by atoms with Gasteiger partial charge in [0.05, 0.1) is 24.2 Å². The zero-order valence-corrected chi connectivity index (χ0v) is 22.7. The Morgan fingerprint density at radius 3 is 2.34 bits per heavy atom. The molecule has 1 aromatic heterocycles. The lowest BCUT2D eigenvalue weighted by Gasteiger charge is -2.10. The highest BCUT2D eigenvalue weighted by molar-refractivity contribution is 7.92.